The Hall–Kier alpha value is -0.300. The van der Waals surface area contributed by atoms with E-state index in [1.165, 1.54) is 12.8 Å². The van der Waals surface area contributed by atoms with E-state index >= 15 is 0 Å². The zero-order valence-electron chi connectivity index (χ0n) is 5.14. The van der Waals surface area contributed by atoms with Gasteiger partial charge in [0.05, 0.1) is 5.88 Å². The van der Waals surface area contributed by atoms with Crippen LogP contribution in [-0.2, 0) is 4.79 Å². The van der Waals surface area contributed by atoms with E-state index in [1.807, 2.05) is 6.08 Å². The van der Waals surface area contributed by atoms with E-state index in [0.717, 1.165) is 0 Å². The summed E-state index contributed by atoms with van der Waals surface area (Å²) in [7, 11) is 0. The Morgan fingerprint density at radius 3 is 2.78 bits per heavy atom. The van der Waals surface area contributed by atoms with Gasteiger partial charge in [-0.15, -0.1) is 11.6 Å². The Balaban J connectivity index is 2.20. The van der Waals surface area contributed by atoms with Gasteiger partial charge in [0.2, 0.25) is 0 Å². The SMILES string of the molecule is O=C(/C=C\C1CC1)CCl. The predicted molar refractivity (Wildman–Crippen MR) is 37.6 cm³/mol. The molecule has 0 spiro atoms. The Morgan fingerprint density at radius 1 is 1.67 bits per heavy atom. The van der Waals surface area contributed by atoms with E-state index in [9.17, 15) is 4.79 Å². The summed E-state index contributed by atoms with van der Waals surface area (Å²) in [5, 5.41) is 0. The standard InChI is InChI=1S/C7H9ClO/c8-5-7(9)4-3-6-1-2-6/h3-4,6H,1-2,5H2/b4-3-. The van der Waals surface area contributed by atoms with E-state index in [1.54, 1.807) is 6.08 Å². The van der Waals surface area contributed by atoms with Crippen molar-refractivity contribution in [3.05, 3.63) is 12.2 Å². The molecule has 1 aliphatic carbocycles. The summed E-state index contributed by atoms with van der Waals surface area (Å²) in [5.41, 5.74) is 0. The topological polar surface area (TPSA) is 17.1 Å². The number of carbonyl (C=O) groups is 1. The highest BCUT2D eigenvalue weighted by atomic mass is 35.5. The summed E-state index contributed by atoms with van der Waals surface area (Å²) in [6.07, 6.45) is 6.02. The molecular formula is C7H9ClO. The predicted octanol–water partition coefficient (Wildman–Crippen LogP) is 1.76. The first-order valence-electron chi connectivity index (χ1n) is 3.10. The first-order valence-corrected chi connectivity index (χ1v) is 3.63. The summed E-state index contributed by atoms with van der Waals surface area (Å²) >= 11 is 5.26. The Kier molecular flexibility index (Phi) is 2.29. The fourth-order valence-electron chi connectivity index (χ4n) is 0.577. The lowest BCUT2D eigenvalue weighted by molar-refractivity contribution is -0.112. The molecule has 2 heteroatoms. The number of carbonyl (C=O) groups excluding carboxylic acids is 1. The van der Waals surface area contributed by atoms with E-state index in [-0.39, 0.29) is 11.7 Å². The second kappa shape index (κ2) is 3.02. The highest BCUT2D eigenvalue weighted by Crippen LogP contribution is 2.29. The molecule has 0 saturated heterocycles. The molecule has 9 heavy (non-hydrogen) atoms. The van der Waals surface area contributed by atoms with Crippen molar-refractivity contribution in [2.45, 2.75) is 12.8 Å². The van der Waals surface area contributed by atoms with E-state index in [0.29, 0.717) is 5.92 Å². The lowest BCUT2D eigenvalue weighted by Gasteiger charge is -1.80. The molecule has 1 saturated carbocycles. The van der Waals surface area contributed by atoms with Crippen LogP contribution in [-0.4, -0.2) is 11.7 Å². The van der Waals surface area contributed by atoms with Crippen molar-refractivity contribution in [3.8, 4) is 0 Å². The number of halogens is 1. The Bertz CT molecular complexity index is 136. The minimum atomic E-state index is 0.0172. The smallest absolute Gasteiger partial charge is 0.170 e. The zero-order valence-corrected chi connectivity index (χ0v) is 5.90. The highest BCUT2D eigenvalue weighted by molar-refractivity contribution is 6.29. The molecule has 0 aromatic heterocycles. The number of hydrogen-bond acceptors (Lipinski definition) is 1. The fourth-order valence-corrected chi connectivity index (χ4v) is 0.666. The van der Waals surface area contributed by atoms with Crippen LogP contribution < -0.4 is 0 Å². The first kappa shape index (κ1) is 6.81. The molecule has 0 aliphatic heterocycles. The highest BCUT2D eigenvalue weighted by Gasteiger charge is 2.17. The van der Waals surface area contributed by atoms with E-state index in [4.69, 9.17) is 11.6 Å². The maximum atomic E-state index is 10.5. The number of alkyl halides is 1. The minimum absolute atomic E-state index is 0.0172. The van der Waals surface area contributed by atoms with Crippen LogP contribution in [0.25, 0.3) is 0 Å². The molecule has 1 aliphatic rings. The minimum Gasteiger partial charge on any atom is -0.294 e. The molecule has 1 nitrogen and oxygen atoms in total. The summed E-state index contributed by atoms with van der Waals surface area (Å²) in [6, 6.07) is 0. The van der Waals surface area contributed by atoms with Crippen LogP contribution in [0.3, 0.4) is 0 Å². The van der Waals surface area contributed by atoms with Crippen molar-refractivity contribution >= 4 is 17.4 Å². The maximum Gasteiger partial charge on any atom is 0.170 e. The number of hydrogen-bond donors (Lipinski definition) is 0. The third-order valence-corrected chi connectivity index (χ3v) is 1.57. The van der Waals surface area contributed by atoms with Crippen LogP contribution in [0.5, 0.6) is 0 Å². The van der Waals surface area contributed by atoms with Crippen molar-refractivity contribution in [2.24, 2.45) is 5.92 Å². The van der Waals surface area contributed by atoms with Gasteiger partial charge in [0, 0.05) is 0 Å². The van der Waals surface area contributed by atoms with Crippen molar-refractivity contribution in [3.63, 3.8) is 0 Å². The van der Waals surface area contributed by atoms with E-state index in [2.05, 4.69) is 0 Å². The number of ketones is 1. The first-order chi connectivity index (χ1) is 4.33. The second-order valence-electron chi connectivity index (χ2n) is 2.30. The average Bonchev–Trinajstić information content (AvgIpc) is 2.65. The Morgan fingerprint density at radius 2 is 2.33 bits per heavy atom. The van der Waals surface area contributed by atoms with Crippen LogP contribution in [0.2, 0.25) is 0 Å². The van der Waals surface area contributed by atoms with Gasteiger partial charge in [0.1, 0.15) is 0 Å². The lowest BCUT2D eigenvalue weighted by atomic mass is 10.3. The van der Waals surface area contributed by atoms with Crippen molar-refractivity contribution in [1.29, 1.82) is 0 Å². The zero-order chi connectivity index (χ0) is 6.69. The molecule has 0 unspecified atom stereocenters. The van der Waals surface area contributed by atoms with Crippen LogP contribution in [0, 0.1) is 5.92 Å². The summed E-state index contributed by atoms with van der Waals surface area (Å²) in [5.74, 6) is 0.809. The van der Waals surface area contributed by atoms with Gasteiger partial charge in [-0.25, -0.2) is 0 Å². The van der Waals surface area contributed by atoms with Crippen LogP contribution in [0.4, 0.5) is 0 Å². The van der Waals surface area contributed by atoms with Crippen LogP contribution >= 0.6 is 11.6 Å². The molecule has 0 amide bonds. The average molecular weight is 145 g/mol. The number of rotatable bonds is 3. The number of allylic oxidation sites excluding steroid dienone is 2. The third kappa shape index (κ3) is 2.66. The maximum absolute atomic E-state index is 10.5. The monoisotopic (exact) mass is 144 g/mol. The van der Waals surface area contributed by atoms with Crippen LogP contribution in [0.1, 0.15) is 12.8 Å². The summed E-state index contributed by atoms with van der Waals surface area (Å²) < 4.78 is 0. The molecule has 0 heterocycles. The van der Waals surface area contributed by atoms with Gasteiger partial charge < -0.3 is 0 Å². The molecule has 0 aromatic carbocycles. The van der Waals surface area contributed by atoms with Gasteiger partial charge in [-0.1, -0.05) is 6.08 Å². The molecule has 0 radical (unpaired) electrons. The molecule has 0 N–H and O–H groups in total. The molecule has 0 atom stereocenters. The van der Waals surface area contributed by atoms with Gasteiger partial charge >= 0.3 is 0 Å². The van der Waals surface area contributed by atoms with Crippen molar-refractivity contribution in [1.82, 2.24) is 0 Å². The molecule has 1 fully saturated rings. The summed E-state index contributed by atoms with van der Waals surface area (Å²) in [6.45, 7) is 0. The fraction of sp³-hybridized carbons (Fsp3) is 0.571. The van der Waals surface area contributed by atoms with Gasteiger partial charge in [0.15, 0.2) is 5.78 Å². The molecule has 50 valence electrons. The van der Waals surface area contributed by atoms with Crippen molar-refractivity contribution in [2.75, 3.05) is 5.88 Å². The van der Waals surface area contributed by atoms with Gasteiger partial charge in [-0.2, -0.15) is 0 Å². The lowest BCUT2D eigenvalue weighted by Crippen LogP contribution is -1.91. The Labute approximate surface area is 59.7 Å². The molecule has 1 rings (SSSR count). The normalized spacial score (nSPS) is 18.8. The van der Waals surface area contributed by atoms with Gasteiger partial charge in [-0.05, 0) is 24.8 Å². The molecular weight excluding hydrogens is 136 g/mol. The van der Waals surface area contributed by atoms with Gasteiger partial charge in [0.25, 0.3) is 0 Å². The summed E-state index contributed by atoms with van der Waals surface area (Å²) in [4.78, 5) is 10.5. The van der Waals surface area contributed by atoms with Crippen LogP contribution in [0.15, 0.2) is 12.2 Å². The van der Waals surface area contributed by atoms with Crippen molar-refractivity contribution < 1.29 is 4.79 Å². The second-order valence-corrected chi connectivity index (χ2v) is 2.56. The van der Waals surface area contributed by atoms with Gasteiger partial charge in [-0.3, -0.25) is 4.79 Å². The molecule has 0 bridgehead atoms. The third-order valence-electron chi connectivity index (χ3n) is 1.31. The quantitative estimate of drug-likeness (QED) is 0.436. The van der Waals surface area contributed by atoms with E-state index < -0.39 is 0 Å². The molecule has 0 aromatic rings. The largest absolute Gasteiger partial charge is 0.294 e.